The lowest BCUT2D eigenvalue weighted by atomic mass is 9.95. The van der Waals surface area contributed by atoms with Crippen molar-refractivity contribution in [2.24, 2.45) is 5.92 Å². The molecule has 0 aromatic heterocycles. The summed E-state index contributed by atoms with van der Waals surface area (Å²) in [4.78, 5) is 41.1. The number of carbonyl (C=O) groups excluding carboxylic acids is 3. The highest BCUT2D eigenvalue weighted by molar-refractivity contribution is 5.95. The number of nitrogens with zero attached hydrogens (tertiary/aromatic N) is 2. The molecule has 2 rings (SSSR count). The van der Waals surface area contributed by atoms with E-state index in [4.69, 9.17) is 4.74 Å². The third-order valence-corrected chi connectivity index (χ3v) is 5.05. The van der Waals surface area contributed by atoms with Gasteiger partial charge in [-0.1, -0.05) is 25.1 Å². The van der Waals surface area contributed by atoms with E-state index in [1.807, 2.05) is 58.9 Å². The van der Waals surface area contributed by atoms with Gasteiger partial charge < -0.3 is 19.9 Å². The highest BCUT2D eigenvalue weighted by atomic mass is 16.6. The Balaban J connectivity index is 1.91. The lowest BCUT2D eigenvalue weighted by Crippen LogP contribution is -2.47. The fraction of sp³-hybridized carbons (Fsp3) is 0.609. The highest BCUT2D eigenvalue weighted by Gasteiger charge is 2.32. The zero-order valence-corrected chi connectivity index (χ0v) is 18.9. The Hall–Kier alpha value is -2.57. The van der Waals surface area contributed by atoms with Crippen LogP contribution in [0.25, 0.3) is 0 Å². The van der Waals surface area contributed by atoms with Crippen LogP contribution < -0.4 is 5.32 Å². The molecule has 0 aliphatic carbocycles. The monoisotopic (exact) mass is 417 g/mol. The van der Waals surface area contributed by atoms with E-state index < -0.39 is 5.60 Å². The molecule has 1 fully saturated rings. The molecule has 7 heteroatoms. The Morgan fingerprint density at radius 2 is 1.80 bits per heavy atom. The second kappa shape index (κ2) is 10.5. The summed E-state index contributed by atoms with van der Waals surface area (Å²) < 4.78 is 5.42. The molecule has 1 heterocycles. The van der Waals surface area contributed by atoms with Gasteiger partial charge >= 0.3 is 6.09 Å². The van der Waals surface area contributed by atoms with Crippen molar-refractivity contribution in [2.75, 3.05) is 31.5 Å². The number of rotatable bonds is 6. The average molecular weight is 418 g/mol. The standard InChI is InChI=1S/C23H35N3O4/c1-6-13-26(16-20(27)24-19-10-8-7-9-17(19)2)21(28)18-11-14-25(15-12-18)22(29)30-23(3,4)5/h7-10,18H,6,11-16H2,1-5H3,(H,24,27). The van der Waals surface area contributed by atoms with Crippen molar-refractivity contribution in [3.05, 3.63) is 29.8 Å². The van der Waals surface area contributed by atoms with Crippen LogP contribution >= 0.6 is 0 Å². The van der Waals surface area contributed by atoms with Crippen molar-refractivity contribution in [1.82, 2.24) is 9.80 Å². The van der Waals surface area contributed by atoms with Gasteiger partial charge in [0.1, 0.15) is 5.60 Å². The van der Waals surface area contributed by atoms with Crippen LogP contribution in [0, 0.1) is 12.8 Å². The minimum absolute atomic E-state index is 0.0133. The number of hydrogen-bond acceptors (Lipinski definition) is 4. The van der Waals surface area contributed by atoms with Crippen LogP contribution in [0.3, 0.4) is 0 Å². The maximum Gasteiger partial charge on any atom is 0.410 e. The predicted molar refractivity (Wildman–Crippen MR) is 117 cm³/mol. The fourth-order valence-electron chi connectivity index (χ4n) is 3.51. The zero-order chi connectivity index (χ0) is 22.3. The third kappa shape index (κ3) is 7.04. The summed E-state index contributed by atoms with van der Waals surface area (Å²) in [5.74, 6) is -0.389. The van der Waals surface area contributed by atoms with Gasteiger partial charge in [-0.2, -0.15) is 0 Å². The Morgan fingerprint density at radius 3 is 2.37 bits per heavy atom. The number of piperidine rings is 1. The van der Waals surface area contributed by atoms with Crippen LogP contribution in [0.1, 0.15) is 52.5 Å². The number of likely N-dealkylation sites (tertiary alicyclic amines) is 1. The lowest BCUT2D eigenvalue weighted by molar-refractivity contribution is -0.139. The van der Waals surface area contributed by atoms with Gasteiger partial charge in [-0.05, 0) is 58.6 Å². The van der Waals surface area contributed by atoms with Gasteiger partial charge in [0.2, 0.25) is 11.8 Å². The molecule has 0 atom stereocenters. The largest absolute Gasteiger partial charge is 0.444 e. The number of ether oxygens (including phenoxy) is 1. The van der Waals surface area contributed by atoms with E-state index in [0.717, 1.165) is 17.7 Å². The highest BCUT2D eigenvalue weighted by Crippen LogP contribution is 2.22. The second-order valence-corrected chi connectivity index (χ2v) is 8.86. The normalized spacial score (nSPS) is 14.9. The van der Waals surface area contributed by atoms with E-state index in [2.05, 4.69) is 5.32 Å². The van der Waals surface area contributed by atoms with Crippen molar-refractivity contribution in [2.45, 2.75) is 59.5 Å². The minimum Gasteiger partial charge on any atom is -0.444 e. The molecule has 1 aromatic carbocycles. The molecule has 0 spiro atoms. The van der Waals surface area contributed by atoms with Crippen LogP contribution in [-0.2, 0) is 14.3 Å². The van der Waals surface area contributed by atoms with Gasteiger partial charge in [-0.25, -0.2) is 4.79 Å². The summed E-state index contributed by atoms with van der Waals surface area (Å²) in [5, 5.41) is 2.90. The first-order chi connectivity index (χ1) is 14.1. The molecule has 0 bridgehead atoms. The summed E-state index contributed by atoms with van der Waals surface area (Å²) in [7, 11) is 0. The lowest BCUT2D eigenvalue weighted by Gasteiger charge is -2.35. The molecule has 30 heavy (non-hydrogen) atoms. The summed E-state index contributed by atoms with van der Waals surface area (Å²) in [5.41, 5.74) is 1.21. The Bertz CT molecular complexity index is 749. The van der Waals surface area contributed by atoms with Crippen molar-refractivity contribution in [1.29, 1.82) is 0 Å². The first-order valence-electron chi connectivity index (χ1n) is 10.7. The van der Waals surface area contributed by atoms with Crippen molar-refractivity contribution in [3.63, 3.8) is 0 Å². The maximum absolute atomic E-state index is 13.1. The van der Waals surface area contributed by atoms with Crippen molar-refractivity contribution in [3.8, 4) is 0 Å². The predicted octanol–water partition coefficient (Wildman–Crippen LogP) is 3.82. The van der Waals surface area contributed by atoms with E-state index in [1.165, 1.54) is 0 Å². The maximum atomic E-state index is 13.1. The SMILES string of the molecule is CCCN(CC(=O)Nc1ccccc1C)C(=O)C1CCN(C(=O)OC(C)(C)C)CC1. The molecular formula is C23H35N3O4. The second-order valence-electron chi connectivity index (χ2n) is 8.86. The van der Waals surface area contributed by atoms with E-state index >= 15 is 0 Å². The van der Waals surface area contributed by atoms with Gasteiger partial charge in [0.25, 0.3) is 0 Å². The fourth-order valence-corrected chi connectivity index (χ4v) is 3.51. The molecule has 1 aliphatic heterocycles. The molecule has 1 saturated heterocycles. The van der Waals surface area contributed by atoms with Crippen LogP contribution in [0.4, 0.5) is 10.5 Å². The molecule has 3 amide bonds. The number of carbonyl (C=O) groups is 3. The number of hydrogen-bond donors (Lipinski definition) is 1. The van der Waals surface area contributed by atoms with Gasteiger partial charge in [-0.3, -0.25) is 9.59 Å². The van der Waals surface area contributed by atoms with Crippen LogP contribution in [0.2, 0.25) is 0 Å². The molecule has 166 valence electrons. The number of amides is 3. The Labute approximate surface area is 179 Å². The molecule has 0 saturated carbocycles. The van der Waals surface area contributed by atoms with Crippen molar-refractivity contribution >= 4 is 23.6 Å². The molecule has 1 aliphatic rings. The van der Waals surface area contributed by atoms with E-state index in [1.54, 1.807) is 9.80 Å². The Kier molecular flexibility index (Phi) is 8.26. The third-order valence-electron chi connectivity index (χ3n) is 5.05. The molecule has 1 aromatic rings. The number of para-hydroxylation sites is 1. The van der Waals surface area contributed by atoms with Crippen LogP contribution in [-0.4, -0.2) is 59.5 Å². The number of anilines is 1. The number of aryl methyl sites for hydroxylation is 1. The number of nitrogens with one attached hydrogen (secondary N) is 1. The van der Waals surface area contributed by atoms with E-state index in [0.29, 0.717) is 32.5 Å². The first-order valence-corrected chi connectivity index (χ1v) is 10.7. The number of benzene rings is 1. The topological polar surface area (TPSA) is 79.0 Å². The minimum atomic E-state index is -0.536. The van der Waals surface area contributed by atoms with Gasteiger partial charge in [0.15, 0.2) is 0 Å². The van der Waals surface area contributed by atoms with Crippen LogP contribution in [0.5, 0.6) is 0 Å². The molecule has 0 unspecified atom stereocenters. The molecule has 1 N–H and O–H groups in total. The Morgan fingerprint density at radius 1 is 1.17 bits per heavy atom. The smallest absolute Gasteiger partial charge is 0.410 e. The molecular weight excluding hydrogens is 382 g/mol. The summed E-state index contributed by atoms with van der Waals surface area (Å²) in [6.45, 7) is 11.0. The van der Waals surface area contributed by atoms with Gasteiger partial charge in [0.05, 0.1) is 6.54 Å². The molecule has 7 nitrogen and oxygen atoms in total. The summed E-state index contributed by atoms with van der Waals surface area (Å²) in [6, 6.07) is 7.58. The average Bonchev–Trinajstić information content (AvgIpc) is 2.67. The summed E-state index contributed by atoms with van der Waals surface area (Å²) in [6.07, 6.45) is 1.60. The van der Waals surface area contributed by atoms with Crippen molar-refractivity contribution < 1.29 is 19.1 Å². The zero-order valence-electron chi connectivity index (χ0n) is 18.9. The molecule has 0 radical (unpaired) electrons. The van der Waals surface area contributed by atoms with Gasteiger partial charge in [-0.15, -0.1) is 0 Å². The van der Waals surface area contributed by atoms with Gasteiger partial charge in [0, 0.05) is 31.2 Å². The van der Waals surface area contributed by atoms with E-state index in [-0.39, 0.29) is 30.4 Å². The quantitative estimate of drug-likeness (QED) is 0.763. The van der Waals surface area contributed by atoms with E-state index in [9.17, 15) is 14.4 Å². The summed E-state index contributed by atoms with van der Waals surface area (Å²) >= 11 is 0. The van der Waals surface area contributed by atoms with Crippen LogP contribution in [0.15, 0.2) is 24.3 Å². The first kappa shape index (κ1) is 23.7.